The maximum Gasteiger partial charge on any atom is 0.0846 e. The van der Waals surface area contributed by atoms with Gasteiger partial charge in [-0.05, 0) is 108 Å². The van der Waals surface area contributed by atoms with Gasteiger partial charge in [0.25, 0.3) is 0 Å². The van der Waals surface area contributed by atoms with E-state index in [-0.39, 0.29) is 0 Å². The molecule has 0 saturated carbocycles. The highest BCUT2D eigenvalue weighted by Gasteiger charge is 2.25. The van der Waals surface area contributed by atoms with E-state index in [4.69, 9.17) is 0 Å². The van der Waals surface area contributed by atoms with E-state index in [0.717, 1.165) is 22.3 Å². The third kappa shape index (κ3) is 4.20. The molecule has 0 aliphatic heterocycles. The molecule has 0 atom stereocenters. The third-order valence-corrected chi connectivity index (χ3v) is 9.01. The minimum atomic E-state index is -0.988. The number of benzene rings is 8. The number of hydrogen-bond acceptors (Lipinski definition) is 1. The molecule has 0 unspecified atom stereocenters. The summed E-state index contributed by atoms with van der Waals surface area (Å²) in [5, 5.41) is 18.7. The zero-order valence-electron chi connectivity index (χ0n) is 24.9. The van der Waals surface area contributed by atoms with E-state index in [1.54, 1.807) is 0 Å². The van der Waals surface area contributed by atoms with Crippen LogP contribution >= 0.6 is 0 Å². The molecule has 1 heteroatoms. The van der Waals surface area contributed by atoms with E-state index < -0.39 is 5.60 Å². The summed E-state index contributed by atoms with van der Waals surface area (Å²) < 4.78 is 0. The van der Waals surface area contributed by atoms with Gasteiger partial charge in [-0.15, -0.1) is 0 Å². The maximum absolute atomic E-state index is 11.2. The zero-order valence-corrected chi connectivity index (χ0v) is 24.9. The Balaban J connectivity index is 1.56. The smallest absolute Gasteiger partial charge is 0.0846 e. The summed E-state index contributed by atoms with van der Waals surface area (Å²) in [6.07, 6.45) is 0. The second-order valence-corrected chi connectivity index (χ2v) is 12.2. The van der Waals surface area contributed by atoms with E-state index in [9.17, 15) is 5.11 Å². The topological polar surface area (TPSA) is 20.2 Å². The van der Waals surface area contributed by atoms with Crippen molar-refractivity contribution in [2.45, 2.75) is 19.4 Å². The van der Waals surface area contributed by atoms with Crippen molar-refractivity contribution >= 4 is 32.3 Å². The predicted octanol–water partition coefficient (Wildman–Crippen LogP) is 11.5. The van der Waals surface area contributed by atoms with Gasteiger partial charge in [-0.2, -0.15) is 0 Å². The van der Waals surface area contributed by atoms with Crippen LogP contribution in [0.4, 0.5) is 0 Å². The highest BCUT2D eigenvalue weighted by atomic mass is 16.3. The monoisotopic (exact) mass is 564 g/mol. The largest absolute Gasteiger partial charge is 0.386 e. The Morgan fingerprint density at radius 2 is 0.909 bits per heavy atom. The molecule has 0 heterocycles. The van der Waals surface area contributed by atoms with Gasteiger partial charge in [0.05, 0.1) is 5.60 Å². The molecule has 8 aromatic carbocycles. The van der Waals surface area contributed by atoms with Crippen LogP contribution in [-0.2, 0) is 5.60 Å². The van der Waals surface area contributed by atoms with Crippen LogP contribution in [-0.4, -0.2) is 5.11 Å². The van der Waals surface area contributed by atoms with E-state index in [1.807, 2.05) is 26.0 Å². The highest BCUT2D eigenvalue weighted by molar-refractivity contribution is 6.31. The van der Waals surface area contributed by atoms with Gasteiger partial charge in [0.1, 0.15) is 0 Å². The molecule has 0 aromatic heterocycles. The Hall–Kier alpha value is -5.24. The lowest BCUT2D eigenvalue weighted by Gasteiger charge is -2.25. The summed E-state index contributed by atoms with van der Waals surface area (Å²) in [5.41, 5.74) is 9.38. The molecule has 0 aliphatic rings. The van der Waals surface area contributed by atoms with E-state index in [1.165, 1.54) is 60.1 Å². The van der Waals surface area contributed by atoms with Gasteiger partial charge in [-0.1, -0.05) is 140 Å². The molecule has 0 radical (unpaired) electrons. The van der Waals surface area contributed by atoms with Gasteiger partial charge in [-0.3, -0.25) is 0 Å². The van der Waals surface area contributed by atoms with E-state index in [2.05, 4.69) is 140 Å². The summed E-state index contributed by atoms with van der Waals surface area (Å²) >= 11 is 0. The van der Waals surface area contributed by atoms with E-state index >= 15 is 0 Å². The molecule has 1 nitrogen and oxygen atoms in total. The molecule has 8 aromatic rings. The third-order valence-electron chi connectivity index (χ3n) is 9.01. The molecule has 0 spiro atoms. The molecule has 1 N–H and O–H groups in total. The summed E-state index contributed by atoms with van der Waals surface area (Å²) in [7, 11) is 0. The SMILES string of the molecule is CC(C)(O)c1ccccc1-c1cc2ccc3c(-c4ccccc4)cc(-c4ccccc4)c4ccc(c1-c1ccccc1)c2c34. The fourth-order valence-electron chi connectivity index (χ4n) is 7.06. The first kappa shape index (κ1) is 26.4. The van der Waals surface area contributed by atoms with Crippen molar-refractivity contribution in [3.8, 4) is 44.5 Å². The molecule has 0 bridgehead atoms. The molecule has 0 saturated heterocycles. The van der Waals surface area contributed by atoms with Crippen LogP contribution in [0.25, 0.3) is 76.8 Å². The minimum absolute atomic E-state index is 0.919. The standard InChI is InChI=1S/C43H32O/c1-43(2,44)39-21-13-12-20-32(39)38-26-31-22-23-33-36(28-14-6-3-7-15-28)27-37(29-16-8-4-9-17-29)34-24-25-35(41(31)42(33)34)40(38)30-18-10-5-11-19-30/h3-27,44H,1-2H3. The average molecular weight is 565 g/mol. The van der Waals surface area contributed by atoms with Gasteiger partial charge >= 0.3 is 0 Å². The average Bonchev–Trinajstić information content (AvgIpc) is 3.07. The first-order valence-electron chi connectivity index (χ1n) is 15.3. The van der Waals surface area contributed by atoms with Gasteiger partial charge in [0, 0.05) is 0 Å². The normalized spacial score (nSPS) is 12.0. The second-order valence-electron chi connectivity index (χ2n) is 12.2. The van der Waals surface area contributed by atoms with Crippen molar-refractivity contribution < 1.29 is 5.11 Å². The Morgan fingerprint density at radius 3 is 1.50 bits per heavy atom. The molecular weight excluding hydrogens is 532 g/mol. The quantitative estimate of drug-likeness (QED) is 0.206. The van der Waals surface area contributed by atoms with Crippen LogP contribution in [0.15, 0.2) is 152 Å². The Kier molecular flexibility index (Phi) is 6.11. The van der Waals surface area contributed by atoms with Crippen molar-refractivity contribution in [2.75, 3.05) is 0 Å². The first-order valence-corrected chi connectivity index (χ1v) is 15.3. The van der Waals surface area contributed by atoms with Crippen LogP contribution in [0.3, 0.4) is 0 Å². The van der Waals surface area contributed by atoms with Gasteiger partial charge < -0.3 is 5.11 Å². The summed E-state index contributed by atoms with van der Waals surface area (Å²) in [6.45, 7) is 3.74. The fourth-order valence-corrected chi connectivity index (χ4v) is 7.06. The summed E-state index contributed by atoms with van der Waals surface area (Å²) in [4.78, 5) is 0. The first-order chi connectivity index (χ1) is 21.5. The number of rotatable bonds is 5. The van der Waals surface area contributed by atoms with Gasteiger partial charge in [0.15, 0.2) is 0 Å². The number of aliphatic hydroxyl groups is 1. The summed E-state index contributed by atoms with van der Waals surface area (Å²) in [5.74, 6) is 0. The molecule has 8 rings (SSSR count). The van der Waals surface area contributed by atoms with Gasteiger partial charge in [-0.25, -0.2) is 0 Å². The van der Waals surface area contributed by atoms with Crippen LogP contribution in [0.1, 0.15) is 19.4 Å². The van der Waals surface area contributed by atoms with Crippen LogP contribution < -0.4 is 0 Å². The van der Waals surface area contributed by atoms with Crippen molar-refractivity contribution in [3.63, 3.8) is 0 Å². The Labute approximate surface area is 258 Å². The van der Waals surface area contributed by atoms with Crippen molar-refractivity contribution in [1.29, 1.82) is 0 Å². The highest BCUT2D eigenvalue weighted by Crippen LogP contribution is 2.49. The van der Waals surface area contributed by atoms with Crippen molar-refractivity contribution in [3.05, 3.63) is 157 Å². The van der Waals surface area contributed by atoms with Gasteiger partial charge in [0.2, 0.25) is 0 Å². The van der Waals surface area contributed by atoms with Crippen LogP contribution in [0, 0.1) is 0 Å². The Bertz CT molecular complexity index is 2220. The lowest BCUT2D eigenvalue weighted by molar-refractivity contribution is 0.0792. The van der Waals surface area contributed by atoms with Crippen molar-refractivity contribution in [2.24, 2.45) is 0 Å². The molecule has 210 valence electrons. The molecule has 44 heavy (non-hydrogen) atoms. The maximum atomic E-state index is 11.2. The summed E-state index contributed by atoms with van der Waals surface area (Å²) in [6, 6.07) is 54.4. The van der Waals surface area contributed by atoms with Crippen molar-refractivity contribution in [1.82, 2.24) is 0 Å². The minimum Gasteiger partial charge on any atom is -0.386 e. The number of hydrogen-bond donors (Lipinski definition) is 1. The molecular formula is C43H32O. The molecule has 0 aliphatic carbocycles. The van der Waals surface area contributed by atoms with Crippen LogP contribution in [0.2, 0.25) is 0 Å². The fraction of sp³-hybridized carbons (Fsp3) is 0.0698. The lowest BCUT2D eigenvalue weighted by Crippen LogP contribution is -2.16. The second kappa shape index (κ2) is 10.2. The lowest BCUT2D eigenvalue weighted by atomic mass is 9.80. The zero-order chi connectivity index (χ0) is 29.8. The van der Waals surface area contributed by atoms with Crippen LogP contribution in [0.5, 0.6) is 0 Å². The predicted molar refractivity (Wildman–Crippen MR) is 187 cm³/mol. The molecule has 0 amide bonds. The van der Waals surface area contributed by atoms with E-state index in [0.29, 0.717) is 0 Å². The Morgan fingerprint density at radius 1 is 0.409 bits per heavy atom. The molecule has 0 fully saturated rings.